The van der Waals surface area contributed by atoms with Gasteiger partial charge in [-0.2, -0.15) is 0 Å². The van der Waals surface area contributed by atoms with Crippen LogP contribution in [0.5, 0.6) is 0 Å². The number of aliphatic hydroxyl groups excluding tert-OH is 1. The van der Waals surface area contributed by atoms with Crippen molar-refractivity contribution >= 4 is 16.7 Å². The Balaban J connectivity index is 2.65. The van der Waals surface area contributed by atoms with E-state index in [0.717, 1.165) is 29.8 Å². The van der Waals surface area contributed by atoms with Crippen molar-refractivity contribution in [1.29, 1.82) is 0 Å². The third-order valence-corrected chi connectivity index (χ3v) is 3.02. The fourth-order valence-corrected chi connectivity index (χ4v) is 2.20. The number of hydrogen-bond donors (Lipinski definition) is 2. The number of aromatic nitrogens is 2. The molecule has 4 heteroatoms. The molecule has 0 saturated heterocycles. The van der Waals surface area contributed by atoms with Crippen LogP contribution in [0.2, 0.25) is 0 Å². The third-order valence-electron chi connectivity index (χ3n) is 3.02. The summed E-state index contributed by atoms with van der Waals surface area (Å²) in [4.78, 5) is 4.69. The Kier molecular flexibility index (Phi) is 3.30. The Morgan fingerprint density at radius 3 is 2.67 bits per heavy atom. The standard InChI is InChI=1S/C14H21N3O/c1-14(2,3)13-16-12-10(15)6-4-7-11(12)17(13)8-5-9-18/h4,6-7,18H,5,8-9,15H2,1-3H3. The zero-order chi connectivity index (χ0) is 13.3. The first-order chi connectivity index (χ1) is 8.45. The molecular weight excluding hydrogens is 226 g/mol. The van der Waals surface area contributed by atoms with E-state index in [1.165, 1.54) is 0 Å². The summed E-state index contributed by atoms with van der Waals surface area (Å²) in [5.41, 5.74) is 8.56. The van der Waals surface area contributed by atoms with Gasteiger partial charge in [-0.1, -0.05) is 26.8 Å². The minimum atomic E-state index is -0.0408. The van der Waals surface area contributed by atoms with Crippen molar-refractivity contribution in [3.05, 3.63) is 24.0 Å². The predicted molar refractivity (Wildman–Crippen MR) is 74.5 cm³/mol. The van der Waals surface area contributed by atoms with Gasteiger partial charge in [0.1, 0.15) is 11.3 Å². The number of rotatable bonds is 3. The summed E-state index contributed by atoms with van der Waals surface area (Å²) in [5.74, 6) is 1.02. The van der Waals surface area contributed by atoms with Gasteiger partial charge in [0.25, 0.3) is 0 Å². The molecule has 0 spiro atoms. The number of nitrogens with zero attached hydrogens (tertiary/aromatic N) is 2. The SMILES string of the molecule is CC(C)(C)c1nc2c(N)cccc2n1CCCO. The van der Waals surface area contributed by atoms with Crippen molar-refractivity contribution < 1.29 is 5.11 Å². The van der Waals surface area contributed by atoms with Crippen molar-refractivity contribution in [2.75, 3.05) is 12.3 Å². The van der Waals surface area contributed by atoms with Gasteiger partial charge in [0, 0.05) is 18.6 Å². The number of aliphatic hydroxyl groups is 1. The average Bonchev–Trinajstić information content (AvgIpc) is 2.66. The zero-order valence-corrected chi connectivity index (χ0v) is 11.3. The maximum Gasteiger partial charge on any atom is 0.115 e. The molecule has 0 bridgehead atoms. The minimum absolute atomic E-state index is 0.0408. The van der Waals surface area contributed by atoms with Crippen LogP contribution in [0.15, 0.2) is 18.2 Å². The van der Waals surface area contributed by atoms with Crippen LogP contribution in [0, 0.1) is 0 Å². The molecule has 3 N–H and O–H groups in total. The largest absolute Gasteiger partial charge is 0.397 e. The quantitative estimate of drug-likeness (QED) is 0.818. The number of nitrogens with two attached hydrogens (primary N) is 1. The molecule has 0 radical (unpaired) electrons. The highest BCUT2D eigenvalue weighted by atomic mass is 16.3. The lowest BCUT2D eigenvalue weighted by Crippen LogP contribution is -2.19. The van der Waals surface area contributed by atoms with Gasteiger partial charge in [-0.3, -0.25) is 0 Å². The van der Waals surface area contributed by atoms with Crippen LogP contribution >= 0.6 is 0 Å². The molecule has 0 unspecified atom stereocenters. The number of imidazole rings is 1. The number of aryl methyl sites for hydroxylation is 1. The van der Waals surface area contributed by atoms with E-state index in [9.17, 15) is 0 Å². The van der Waals surface area contributed by atoms with Crippen LogP contribution in [-0.4, -0.2) is 21.3 Å². The lowest BCUT2D eigenvalue weighted by molar-refractivity contribution is 0.278. The maximum atomic E-state index is 9.03. The lowest BCUT2D eigenvalue weighted by atomic mass is 9.95. The average molecular weight is 247 g/mol. The molecule has 0 fully saturated rings. The summed E-state index contributed by atoms with van der Waals surface area (Å²) < 4.78 is 2.17. The Labute approximate surface area is 107 Å². The zero-order valence-electron chi connectivity index (χ0n) is 11.3. The van der Waals surface area contributed by atoms with E-state index in [4.69, 9.17) is 15.8 Å². The molecule has 0 atom stereocenters. The van der Waals surface area contributed by atoms with E-state index in [1.807, 2.05) is 18.2 Å². The molecule has 4 nitrogen and oxygen atoms in total. The highest BCUT2D eigenvalue weighted by Crippen LogP contribution is 2.29. The van der Waals surface area contributed by atoms with Gasteiger partial charge in [-0.15, -0.1) is 0 Å². The second-order valence-electron chi connectivity index (χ2n) is 5.63. The molecule has 2 aromatic rings. The normalized spacial score (nSPS) is 12.2. The van der Waals surface area contributed by atoms with E-state index in [1.54, 1.807) is 0 Å². The van der Waals surface area contributed by atoms with Crippen molar-refractivity contribution in [3.8, 4) is 0 Å². The molecule has 0 aliphatic rings. The Morgan fingerprint density at radius 1 is 1.33 bits per heavy atom. The minimum Gasteiger partial charge on any atom is -0.397 e. The van der Waals surface area contributed by atoms with Crippen molar-refractivity contribution in [3.63, 3.8) is 0 Å². The number of anilines is 1. The number of fused-ring (bicyclic) bond motifs is 1. The van der Waals surface area contributed by atoms with E-state index in [2.05, 4.69) is 25.3 Å². The summed E-state index contributed by atoms with van der Waals surface area (Å²) >= 11 is 0. The van der Waals surface area contributed by atoms with Crippen LogP contribution in [0.1, 0.15) is 33.0 Å². The Morgan fingerprint density at radius 2 is 2.06 bits per heavy atom. The summed E-state index contributed by atoms with van der Waals surface area (Å²) in [6, 6.07) is 5.85. The van der Waals surface area contributed by atoms with Crippen LogP contribution in [0.4, 0.5) is 5.69 Å². The molecule has 0 aliphatic heterocycles. The molecule has 18 heavy (non-hydrogen) atoms. The molecule has 0 amide bonds. The van der Waals surface area contributed by atoms with Crippen LogP contribution in [-0.2, 0) is 12.0 Å². The van der Waals surface area contributed by atoms with Crippen LogP contribution < -0.4 is 5.73 Å². The van der Waals surface area contributed by atoms with Gasteiger partial charge in [-0.25, -0.2) is 4.98 Å². The van der Waals surface area contributed by atoms with E-state index in [0.29, 0.717) is 5.69 Å². The van der Waals surface area contributed by atoms with Crippen LogP contribution in [0.3, 0.4) is 0 Å². The molecule has 1 aromatic heterocycles. The first kappa shape index (κ1) is 12.9. The Bertz CT molecular complexity index is 552. The van der Waals surface area contributed by atoms with Gasteiger partial charge in [0.15, 0.2) is 0 Å². The van der Waals surface area contributed by atoms with Gasteiger partial charge in [0.05, 0.1) is 11.2 Å². The van der Waals surface area contributed by atoms with E-state index < -0.39 is 0 Å². The van der Waals surface area contributed by atoms with Crippen LogP contribution in [0.25, 0.3) is 11.0 Å². The number of benzene rings is 1. The summed E-state index contributed by atoms with van der Waals surface area (Å²) in [6.07, 6.45) is 0.726. The Hall–Kier alpha value is -1.55. The van der Waals surface area contributed by atoms with Gasteiger partial charge in [-0.05, 0) is 18.6 Å². The fraction of sp³-hybridized carbons (Fsp3) is 0.500. The van der Waals surface area contributed by atoms with Crippen molar-refractivity contribution in [1.82, 2.24) is 9.55 Å². The van der Waals surface area contributed by atoms with E-state index in [-0.39, 0.29) is 12.0 Å². The maximum absolute atomic E-state index is 9.03. The molecule has 1 heterocycles. The van der Waals surface area contributed by atoms with Gasteiger partial charge >= 0.3 is 0 Å². The highest BCUT2D eigenvalue weighted by Gasteiger charge is 2.23. The van der Waals surface area contributed by atoms with Crippen molar-refractivity contribution in [2.45, 2.75) is 39.2 Å². The smallest absolute Gasteiger partial charge is 0.115 e. The van der Waals surface area contributed by atoms with Crippen molar-refractivity contribution in [2.24, 2.45) is 0 Å². The monoisotopic (exact) mass is 247 g/mol. The first-order valence-corrected chi connectivity index (χ1v) is 6.31. The predicted octanol–water partition coefficient (Wildman–Crippen LogP) is 2.30. The lowest BCUT2D eigenvalue weighted by Gasteiger charge is -2.20. The summed E-state index contributed by atoms with van der Waals surface area (Å²) in [5, 5.41) is 9.03. The molecule has 98 valence electrons. The summed E-state index contributed by atoms with van der Waals surface area (Å²) in [6.45, 7) is 7.37. The third kappa shape index (κ3) is 2.20. The fourth-order valence-electron chi connectivity index (χ4n) is 2.20. The van der Waals surface area contributed by atoms with Gasteiger partial charge in [0.2, 0.25) is 0 Å². The van der Waals surface area contributed by atoms with E-state index >= 15 is 0 Å². The molecule has 1 aromatic carbocycles. The second-order valence-corrected chi connectivity index (χ2v) is 5.63. The molecule has 0 aliphatic carbocycles. The summed E-state index contributed by atoms with van der Waals surface area (Å²) in [7, 11) is 0. The number of para-hydroxylation sites is 1. The number of nitrogen functional groups attached to an aromatic ring is 1. The molecule has 2 rings (SSSR count). The first-order valence-electron chi connectivity index (χ1n) is 6.31. The molecule has 0 saturated carbocycles. The topological polar surface area (TPSA) is 64.1 Å². The second kappa shape index (κ2) is 4.61. The highest BCUT2D eigenvalue weighted by molar-refractivity contribution is 5.87. The van der Waals surface area contributed by atoms with Gasteiger partial charge < -0.3 is 15.4 Å². The number of hydrogen-bond acceptors (Lipinski definition) is 3. The molecular formula is C14H21N3O.